The molecule has 1 unspecified atom stereocenters. The van der Waals surface area contributed by atoms with E-state index in [1.807, 2.05) is 30.3 Å². The monoisotopic (exact) mass is 414 g/mol. The van der Waals surface area contributed by atoms with Crippen LogP contribution in [0.3, 0.4) is 0 Å². The van der Waals surface area contributed by atoms with E-state index in [2.05, 4.69) is 15.0 Å². The van der Waals surface area contributed by atoms with Crippen molar-refractivity contribution in [3.63, 3.8) is 0 Å². The summed E-state index contributed by atoms with van der Waals surface area (Å²) in [4.78, 5) is 41.3. The van der Waals surface area contributed by atoms with Gasteiger partial charge in [0.2, 0.25) is 0 Å². The molecular formula is C19H22N6O5. The zero-order chi connectivity index (χ0) is 21.8. The predicted octanol–water partition coefficient (Wildman–Crippen LogP) is 0.311. The molecule has 1 aromatic heterocycles. The second-order valence-electron chi connectivity index (χ2n) is 7.19. The Labute approximate surface area is 170 Å². The lowest BCUT2D eigenvalue weighted by Crippen LogP contribution is -2.48. The van der Waals surface area contributed by atoms with Gasteiger partial charge in [0, 0.05) is 23.1 Å². The summed E-state index contributed by atoms with van der Waals surface area (Å²) in [6, 6.07) is 7.20. The zero-order valence-electron chi connectivity index (χ0n) is 16.2. The lowest BCUT2D eigenvalue weighted by atomic mass is 9.95. The minimum atomic E-state index is -1.65. The van der Waals surface area contributed by atoms with Crippen molar-refractivity contribution in [3.8, 4) is 0 Å². The normalized spacial score (nSPS) is 22.8. The fraction of sp³-hybridized carbons (Fsp3) is 0.421. The van der Waals surface area contributed by atoms with Crippen molar-refractivity contribution in [3.05, 3.63) is 78.9 Å². The van der Waals surface area contributed by atoms with Crippen LogP contribution in [0.2, 0.25) is 0 Å². The van der Waals surface area contributed by atoms with Crippen LogP contribution in [0.15, 0.2) is 51.2 Å². The minimum absolute atomic E-state index is 0.0401. The lowest BCUT2D eigenvalue weighted by Gasteiger charge is -2.23. The molecule has 1 aliphatic rings. The van der Waals surface area contributed by atoms with E-state index in [1.165, 1.54) is 13.1 Å². The van der Waals surface area contributed by atoms with Crippen LogP contribution >= 0.6 is 0 Å². The Kier molecular flexibility index (Phi) is 6.48. The number of H-pyrrole nitrogens is 1. The van der Waals surface area contributed by atoms with Crippen molar-refractivity contribution in [1.82, 2.24) is 9.55 Å². The molecule has 4 N–H and O–H groups in total. The number of hydrogen-bond donors (Lipinski definition) is 3. The molecule has 2 heterocycles. The van der Waals surface area contributed by atoms with Crippen molar-refractivity contribution < 1.29 is 14.6 Å². The van der Waals surface area contributed by atoms with Gasteiger partial charge in [-0.2, -0.15) is 0 Å². The van der Waals surface area contributed by atoms with Gasteiger partial charge in [0.1, 0.15) is 18.4 Å². The number of carbonyl (C=O) groups is 1. The Bertz CT molecular complexity index is 1070. The third-order valence-corrected chi connectivity index (χ3v) is 5.06. The molecule has 0 aliphatic carbocycles. The van der Waals surface area contributed by atoms with Gasteiger partial charge in [-0.15, -0.1) is 0 Å². The number of aliphatic hydroxyl groups is 1. The Morgan fingerprint density at radius 1 is 1.43 bits per heavy atom. The highest BCUT2D eigenvalue weighted by Gasteiger charge is 2.43. The summed E-state index contributed by atoms with van der Waals surface area (Å²) in [7, 11) is 0. The van der Waals surface area contributed by atoms with Gasteiger partial charge in [-0.1, -0.05) is 35.4 Å². The Morgan fingerprint density at radius 2 is 2.13 bits per heavy atom. The largest absolute Gasteiger partial charge is 0.382 e. The second kappa shape index (κ2) is 9.06. The fourth-order valence-electron chi connectivity index (χ4n) is 3.46. The van der Waals surface area contributed by atoms with Gasteiger partial charge in [0.05, 0.1) is 12.1 Å². The van der Waals surface area contributed by atoms with E-state index in [-0.39, 0.29) is 18.4 Å². The van der Waals surface area contributed by atoms with Crippen LogP contribution in [0.4, 0.5) is 0 Å². The highest BCUT2D eigenvalue weighted by molar-refractivity contribution is 5.88. The van der Waals surface area contributed by atoms with Crippen LogP contribution in [0, 0.1) is 6.92 Å². The number of azide groups is 1. The van der Waals surface area contributed by atoms with Crippen LogP contribution in [0.5, 0.6) is 0 Å². The number of hydrogen-bond acceptors (Lipinski definition) is 7. The molecule has 1 aromatic carbocycles. The molecule has 11 heteroatoms. The molecule has 11 nitrogen and oxygen atoms in total. The molecule has 0 bridgehead atoms. The van der Waals surface area contributed by atoms with E-state index in [4.69, 9.17) is 16.0 Å². The van der Waals surface area contributed by atoms with Crippen LogP contribution in [-0.4, -0.2) is 44.7 Å². The molecule has 1 aliphatic heterocycles. The van der Waals surface area contributed by atoms with Gasteiger partial charge >= 0.3 is 5.69 Å². The van der Waals surface area contributed by atoms with Gasteiger partial charge in [-0.05, 0) is 24.4 Å². The van der Waals surface area contributed by atoms with Crippen molar-refractivity contribution in [2.75, 3.05) is 0 Å². The number of aromatic nitrogens is 2. The number of benzene rings is 1. The predicted molar refractivity (Wildman–Crippen MR) is 107 cm³/mol. The number of nitrogens with two attached hydrogens (primary N) is 1. The maximum atomic E-state index is 12.7. The summed E-state index contributed by atoms with van der Waals surface area (Å²) in [5, 5.41) is 14.2. The number of carbonyl (C=O) groups excluding carboxylic acids is 1. The number of nitrogens with one attached hydrogen (secondary N) is 1. The summed E-state index contributed by atoms with van der Waals surface area (Å²) in [5.74, 6) is -0.660. The standard InChI is InChI=1S/C19H22N6O5/c1-10-9-25(19(29)22-18(10)28)14-8-13(23-24-21)17(30-14)16(27)15(26)12(20)7-11-5-3-2-4-6-11/h2-6,9,12-14,16-17,27H,7-8,20H2,1H3,(H,22,28,29)/t12-,13-,14+,16?,17-/m0/s1. The van der Waals surface area contributed by atoms with Gasteiger partial charge < -0.3 is 15.6 Å². The average Bonchev–Trinajstić information content (AvgIpc) is 3.14. The number of Topliss-reactive ketones (excluding diaryl/α,β-unsaturated/α-hetero) is 1. The summed E-state index contributed by atoms with van der Waals surface area (Å²) in [6.07, 6.45) is -2.18. The molecular weight excluding hydrogens is 392 g/mol. The number of aryl methyl sites for hydroxylation is 1. The summed E-state index contributed by atoms with van der Waals surface area (Å²) >= 11 is 0. The molecule has 158 valence electrons. The molecule has 0 saturated carbocycles. The molecule has 1 saturated heterocycles. The number of aliphatic hydroxyl groups excluding tert-OH is 1. The maximum absolute atomic E-state index is 12.7. The first kappa shape index (κ1) is 21.5. The molecule has 0 spiro atoms. The van der Waals surface area contributed by atoms with Gasteiger partial charge in [-0.25, -0.2) is 4.79 Å². The van der Waals surface area contributed by atoms with E-state index in [9.17, 15) is 19.5 Å². The fourth-order valence-corrected chi connectivity index (χ4v) is 3.46. The third kappa shape index (κ3) is 4.50. The highest BCUT2D eigenvalue weighted by atomic mass is 16.5. The Hall–Kier alpha value is -3.24. The Balaban J connectivity index is 1.80. The van der Waals surface area contributed by atoms with E-state index in [1.54, 1.807) is 0 Å². The molecule has 3 rings (SSSR count). The molecule has 1 fully saturated rings. The highest BCUT2D eigenvalue weighted by Crippen LogP contribution is 2.32. The van der Waals surface area contributed by atoms with Gasteiger partial charge in [0.25, 0.3) is 5.56 Å². The topological polar surface area (TPSA) is 176 Å². The van der Waals surface area contributed by atoms with E-state index in [0.29, 0.717) is 0 Å². The second-order valence-corrected chi connectivity index (χ2v) is 7.19. The lowest BCUT2D eigenvalue weighted by molar-refractivity contribution is -0.139. The zero-order valence-corrected chi connectivity index (χ0v) is 16.2. The Morgan fingerprint density at radius 3 is 2.80 bits per heavy atom. The van der Waals surface area contributed by atoms with E-state index < -0.39 is 47.6 Å². The first-order chi connectivity index (χ1) is 14.3. The van der Waals surface area contributed by atoms with E-state index >= 15 is 0 Å². The molecule has 30 heavy (non-hydrogen) atoms. The quantitative estimate of drug-likeness (QED) is 0.333. The summed E-state index contributed by atoms with van der Waals surface area (Å²) in [5.41, 5.74) is 14.7. The number of rotatable bonds is 7. The maximum Gasteiger partial charge on any atom is 0.330 e. The average molecular weight is 414 g/mol. The van der Waals surface area contributed by atoms with Crippen LogP contribution in [0.25, 0.3) is 10.4 Å². The SMILES string of the molecule is Cc1cn([C@H]2C[C@H](N=[N+]=[N-])[C@@H](C(O)C(=O)[C@@H](N)Cc3ccccc3)O2)c(=O)[nH]c1=O. The first-order valence-electron chi connectivity index (χ1n) is 9.35. The third-order valence-electron chi connectivity index (χ3n) is 5.06. The van der Waals surface area contributed by atoms with Crippen LogP contribution in [-0.2, 0) is 16.0 Å². The van der Waals surface area contributed by atoms with Crippen molar-refractivity contribution in [1.29, 1.82) is 0 Å². The minimum Gasteiger partial charge on any atom is -0.382 e. The number of nitrogens with zero attached hydrogens (tertiary/aromatic N) is 4. The number of aromatic amines is 1. The van der Waals surface area contributed by atoms with Crippen LogP contribution in [0.1, 0.15) is 23.8 Å². The van der Waals surface area contributed by atoms with E-state index in [0.717, 1.165) is 10.1 Å². The van der Waals surface area contributed by atoms with Gasteiger partial charge in [-0.3, -0.25) is 19.1 Å². The molecule has 5 atom stereocenters. The van der Waals surface area contributed by atoms with Crippen molar-refractivity contribution in [2.45, 2.75) is 50.3 Å². The smallest absolute Gasteiger partial charge is 0.330 e. The first-order valence-corrected chi connectivity index (χ1v) is 9.35. The van der Waals surface area contributed by atoms with Crippen molar-refractivity contribution >= 4 is 5.78 Å². The number of ether oxygens (including phenoxy) is 1. The summed E-state index contributed by atoms with van der Waals surface area (Å²) in [6.45, 7) is 1.52. The molecule has 0 amide bonds. The molecule has 0 radical (unpaired) electrons. The van der Waals surface area contributed by atoms with Gasteiger partial charge in [0.15, 0.2) is 5.78 Å². The summed E-state index contributed by atoms with van der Waals surface area (Å²) < 4.78 is 6.86. The van der Waals surface area contributed by atoms with Crippen LogP contribution < -0.4 is 17.0 Å². The number of ketones is 1. The van der Waals surface area contributed by atoms with Crippen molar-refractivity contribution in [2.24, 2.45) is 10.8 Å². The molecule has 2 aromatic rings.